The molecule has 122 valence electrons. The normalized spacial score (nSPS) is 22.1. The van der Waals surface area contributed by atoms with Gasteiger partial charge in [-0.25, -0.2) is 13.2 Å². The van der Waals surface area contributed by atoms with E-state index in [-0.39, 0.29) is 36.2 Å². The number of amides is 2. The number of hydrogen-bond acceptors (Lipinski definition) is 3. The summed E-state index contributed by atoms with van der Waals surface area (Å²) in [6.45, 7) is 3.98. The van der Waals surface area contributed by atoms with Gasteiger partial charge in [0.25, 0.3) is 0 Å². The largest absolute Gasteiger partial charge is 0.331 e. The van der Waals surface area contributed by atoms with Crippen LogP contribution in [-0.4, -0.2) is 43.4 Å². The van der Waals surface area contributed by atoms with Crippen molar-refractivity contribution < 1.29 is 13.2 Å². The van der Waals surface area contributed by atoms with Gasteiger partial charge in [0.2, 0.25) is 0 Å². The van der Waals surface area contributed by atoms with Crippen LogP contribution in [-0.2, 0) is 9.84 Å². The van der Waals surface area contributed by atoms with Crippen molar-refractivity contribution in [2.75, 3.05) is 18.1 Å². The van der Waals surface area contributed by atoms with Crippen molar-refractivity contribution in [3.8, 4) is 0 Å². The molecule has 0 radical (unpaired) electrons. The van der Waals surface area contributed by atoms with Gasteiger partial charge in [-0.05, 0) is 31.0 Å². The Morgan fingerprint density at radius 3 is 2.82 bits per heavy atom. The van der Waals surface area contributed by atoms with Crippen molar-refractivity contribution in [2.45, 2.75) is 32.4 Å². The summed E-state index contributed by atoms with van der Waals surface area (Å²) in [5.41, 5.74) is 0.945. The second-order valence-corrected chi connectivity index (χ2v) is 8.29. The molecule has 1 aromatic carbocycles. The summed E-state index contributed by atoms with van der Waals surface area (Å²) in [6.07, 6.45) is 0.729. The van der Waals surface area contributed by atoms with Crippen LogP contribution in [0.3, 0.4) is 0 Å². The average Bonchev–Trinajstić information content (AvgIpc) is 2.43. The van der Waals surface area contributed by atoms with E-state index in [4.69, 9.17) is 11.6 Å². The topological polar surface area (TPSA) is 66.5 Å². The summed E-state index contributed by atoms with van der Waals surface area (Å²) in [5, 5.41) is 3.60. The molecule has 1 N–H and O–H groups in total. The third-order valence-corrected chi connectivity index (χ3v) is 5.92. The SMILES string of the molecule is CCC(NC(=O)N1CCS(=O)(=O)CC1C)c1cccc(Cl)c1. The first-order valence-electron chi connectivity index (χ1n) is 7.35. The molecule has 1 saturated heterocycles. The fraction of sp³-hybridized carbons (Fsp3) is 0.533. The minimum Gasteiger partial charge on any atom is -0.331 e. The van der Waals surface area contributed by atoms with Gasteiger partial charge in [-0.2, -0.15) is 0 Å². The number of nitrogens with one attached hydrogen (secondary N) is 1. The lowest BCUT2D eigenvalue weighted by Crippen LogP contribution is -2.53. The number of benzene rings is 1. The quantitative estimate of drug-likeness (QED) is 0.916. The zero-order chi connectivity index (χ0) is 16.3. The fourth-order valence-corrected chi connectivity index (χ4v) is 4.43. The van der Waals surface area contributed by atoms with E-state index in [1.807, 2.05) is 25.1 Å². The fourth-order valence-electron chi connectivity index (χ4n) is 2.68. The molecule has 0 saturated carbocycles. The van der Waals surface area contributed by atoms with E-state index in [2.05, 4.69) is 5.32 Å². The van der Waals surface area contributed by atoms with Gasteiger partial charge in [-0.3, -0.25) is 0 Å². The van der Waals surface area contributed by atoms with Crippen LogP contribution >= 0.6 is 11.6 Å². The number of carbonyl (C=O) groups is 1. The molecule has 1 aromatic rings. The van der Waals surface area contributed by atoms with Gasteiger partial charge in [-0.1, -0.05) is 30.7 Å². The first kappa shape index (κ1) is 17.1. The number of nitrogens with zero attached hydrogens (tertiary/aromatic N) is 1. The lowest BCUT2D eigenvalue weighted by Gasteiger charge is -2.34. The molecule has 0 spiro atoms. The van der Waals surface area contributed by atoms with Gasteiger partial charge in [0.1, 0.15) is 0 Å². The first-order chi connectivity index (χ1) is 10.3. The third kappa shape index (κ3) is 4.14. The smallest absolute Gasteiger partial charge is 0.318 e. The molecule has 0 aromatic heterocycles. The van der Waals surface area contributed by atoms with Crippen molar-refractivity contribution >= 4 is 27.5 Å². The first-order valence-corrected chi connectivity index (χ1v) is 9.55. The van der Waals surface area contributed by atoms with E-state index >= 15 is 0 Å². The van der Waals surface area contributed by atoms with E-state index in [0.717, 1.165) is 12.0 Å². The summed E-state index contributed by atoms with van der Waals surface area (Å²) in [5.74, 6) is 0.0487. The van der Waals surface area contributed by atoms with Crippen molar-refractivity contribution in [3.05, 3.63) is 34.9 Å². The summed E-state index contributed by atoms with van der Waals surface area (Å²) in [4.78, 5) is 14.0. The van der Waals surface area contributed by atoms with Crippen molar-refractivity contribution in [1.29, 1.82) is 0 Å². The Morgan fingerprint density at radius 2 is 2.23 bits per heavy atom. The maximum atomic E-state index is 12.4. The van der Waals surface area contributed by atoms with Crippen LogP contribution < -0.4 is 5.32 Å². The molecule has 2 unspecified atom stereocenters. The van der Waals surface area contributed by atoms with E-state index in [1.165, 1.54) is 0 Å². The van der Waals surface area contributed by atoms with Crippen LogP contribution in [0.5, 0.6) is 0 Å². The van der Waals surface area contributed by atoms with Crippen LogP contribution in [0.1, 0.15) is 31.9 Å². The van der Waals surface area contributed by atoms with Crippen LogP contribution in [0.2, 0.25) is 5.02 Å². The number of hydrogen-bond donors (Lipinski definition) is 1. The van der Waals surface area contributed by atoms with Crippen molar-refractivity contribution in [2.24, 2.45) is 0 Å². The highest BCUT2D eigenvalue weighted by atomic mass is 35.5. The van der Waals surface area contributed by atoms with Crippen LogP contribution in [0, 0.1) is 0 Å². The Balaban J connectivity index is 2.07. The summed E-state index contributed by atoms with van der Waals surface area (Å²) < 4.78 is 23.2. The molecule has 1 aliphatic rings. The Bertz CT molecular complexity index is 648. The standard InChI is InChI=1S/C15H21ClN2O3S/c1-3-14(12-5-4-6-13(16)9-12)17-15(19)18-7-8-22(20,21)10-11(18)2/h4-6,9,11,14H,3,7-8,10H2,1-2H3,(H,17,19). The lowest BCUT2D eigenvalue weighted by molar-refractivity contribution is 0.180. The molecule has 0 bridgehead atoms. The second-order valence-electron chi connectivity index (χ2n) is 5.62. The lowest BCUT2D eigenvalue weighted by atomic mass is 10.0. The molecule has 22 heavy (non-hydrogen) atoms. The predicted octanol–water partition coefficient (Wildman–Crippen LogP) is 2.62. The van der Waals surface area contributed by atoms with Gasteiger partial charge in [0, 0.05) is 17.6 Å². The van der Waals surface area contributed by atoms with E-state index in [9.17, 15) is 13.2 Å². The maximum Gasteiger partial charge on any atom is 0.318 e. The molecular weight excluding hydrogens is 324 g/mol. The van der Waals surface area contributed by atoms with E-state index in [0.29, 0.717) is 5.02 Å². The second kappa shape index (κ2) is 6.87. The molecule has 1 fully saturated rings. The summed E-state index contributed by atoms with van der Waals surface area (Å²) >= 11 is 6.00. The van der Waals surface area contributed by atoms with Crippen molar-refractivity contribution in [3.63, 3.8) is 0 Å². The zero-order valence-electron chi connectivity index (χ0n) is 12.8. The molecule has 1 heterocycles. The van der Waals surface area contributed by atoms with Crippen LogP contribution in [0.4, 0.5) is 4.79 Å². The van der Waals surface area contributed by atoms with Crippen molar-refractivity contribution in [1.82, 2.24) is 10.2 Å². The summed E-state index contributed by atoms with van der Waals surface area (Å²) in [7, 11) is -3.03. The third-order valence-electron chi connectivity index (χ3n) is 3.89. The highest BCUT2D eigenvalue weighted by Crippen LogP contribution is 2.21. The molecule has 2 atom stereocenters. The predicted molar refractivity (Wildman–Crippen MR) is 87.8 cm³/mol. The molecule has 2 rings (SSSR count). The van der Waals surface area contributed by atoms with Gasteiger partial charge < -0.3 is 10.2 Å². The van der Waals surface area contributed by atoms with Gasteiger partial charge in [0.15, 0.2) is 9.84 Å². The zero-order valence-corrected chi connectivity index (χ0v) is 14.3. The molecule has 0 aliphatic carbocycles. The number of rotatable bonds is 3. The van der Waals surface area contributed by atoms with Crippen LogP contribution in [0.15, 0.2) is 24.3 Å². The molecule has 7 heteroatoms. The molecule has 5 nitrogen and oxygen atoms in total. The Hall–Kier alpha value is -1.27. The number of sulfone groups is 1. The number of halogens is 1. The highest BCUT2D eigenvalue weighted by Gasteiger charge is 2.31. The minimum absolute atomic E-state index is 0.0222. The maximum absolute atomic E-state index is 12.4. The molecule has 1 aliphatic heterocycles. The van der Waals surface area contributed by atoms with Gasteiger partial charge in [0.05, 0.1) is 17.5 Å². The average molecular weight is 345 g/mol. The van der Waals surface area contributed by atoms with Crippen LogP contribution in [0.25, 0.3) is 0 Å². The Labute approximate surface area is 136 Å². The molecular formula is C15H21ClN2O3S. The number of carbonyl (C=O) groups excluding carboxylic acids is 1. The number of urea groups is 1. The van der Waals surface area contributed by atoms with Gasteiger partial charge in [-0.15, -0.1) is 0 Å². The monoisotopic (exact) mass is 344 g/mol. The minimum atomic E-state index is -3.03. The Morgan fingerprint density at radius 1 is 1.50 bits per heavy atom. The highest BCUT2D eigenvalue weighted by molar-refractivity contribution is 7.91. The van der Waals surface area contributed by atoms with Gasteiger partial charge >= 0.3 is 6.03 Å². The molecule has 2 amide bonds. The van der Waals surface area contributed by atoms with E-state index in [1.54, 1.807) is 17.9 Å². The Kier molecular flexibility index (Phi) is 5.34. The van der Waals surface area contributed by atoms with E-state index < -0.39 is 9.84 Å². The summed E-state index contributed by atoms with van der Waals surface area (Å²) in [6, 6.07) is 6.71.